The first kappa shape index (κ1) is 8.58. The number of hydrogen-bond donors (Lipinski definition) is 1. The fourth-order valence-electron chi connectivity index (χ4n) is 0.399. The van der Waals surface area contributed by atoms with Crippen molar-refractivity contribution in [2.75, 3.05) is 0 Å². The van der Waals surface area contributed by atoms with Crippen molar-refractivity contribution in [3.8, 4) is 0 Å². The van der Waals surface area contributed by atoms with E-state index in [9.17, 15) is 9.90 Å². The molecule has 0 rings (SSSR count). The lowest BCUT2D eigenvalue weighted by Crippen LogP contribution is -2.41. The van der Waals surface area contributed by atoms with E-state index in [-0.39, 0.29) is 6.04 Å². The molecule has 6 heteroatoms. The molecule has 0 aromatic rings. The molecular formula is C4H8N4O2. The van der Waals surface area contributed by atoms with Gasteiger partial charge in [-0.15, -0.1) is 0 Å². The van der Waals surface area contributed by atoms with Crippen LogP contribution in [0.2, 0.25) is 0 Å². The number of rotatable bonds is 2. The Bertz CT molecular complexity index is 170. The Kier molecular flexibility index (Phi) is 3.07. The van der Waals surface area contributed by atoms with Crippen LogP contribution in [0.4, 0.5) is 4.79 Å². The molecule has 0 bridgehead atoms. The van der Waals surface area contributed by atoms with Crippen LogP contribution in [0.5, 0.6) is 0 Å². The van der Waals surface area contributed by atoms with Crippen LogP contribution in [0.25, 0.3) is 0 Å². The van der Waals surface area contributed by atoms with Crippen LogP contribution in [-0.4, -0.2) is 17.1 Å². The Morgan fingerprint density at radius 3 is 2.40 bits per heavy atom. The summed E-state index contributed by atoms with van der Waals surface area (Å²) in [7, 11) is 0. The highest BCUT2D eigenvalue weighted by molar-refractivity contribution is 5.62. The molecule has 0 heterocycles. The molecule has 0 aromatic heterocycles. The standard InChI is InChI=1S/C4H8N4O2/c1-3(2)8(4(9)10)7-6-5/h3,5H,1-2H3. The lowest BCUT2D eigenvalue weighted by Gasteiger charge is -2.09. The SMILES string of the molecule is CC(C)N(N=[N+]=N)C(=O)[O-]. The molecule has 0 aliphatic carbocycles. The molecule has 0 saturated heterocycles. The summed E-state index contributed by atoms with van der Waals surface area (Å²) in [5.74, 6) is 0. The number of carbonyl (C=O) groups is 1. The molecule has 0 spiro atoms. The Morgan fingerprint density at radius 1 is 1.80 bits per heavy atom. The summed E-state index contributed by atoms with van der Waals surface area (Å²) < 4.78 is 0. The van der Waals surface area contributed by atoms with Crippen LogP contribution in [0.1, 0.15) is 13.8 Å². The van der Waals surface area contributed by atoms with Crippen molar-refractivity contribution < 1.29 is 9.90 Å². The van der Waals surface area contributed by atoms with Crippen LogP contribution in [0, 0.1) is 5.53 Å². The van der Waals surface area contributed by atoms with E-state index < -0.39 is 6.09 Å². The van der Waals surface area contributed by atoms with Crippen molar-refractivity contribution in [2.24, 2.45) is 5.22 Å². The summed E-state index contributed by atoms with van der Waals surface area (Å²) in [6.45, 7) is 3.20. The third kappa shape index (κ3) is 2.23. The summed E-state index contributed by atoms with van der Waals surface area (Å²) in [5, 5.41) is 13.7. The molecule has 0 radical (unpaired) electrons. The lowest BCUT2D eigenvalue weighted by atomic mass is 10.4. The average molecular weight is 144 g/mol. The third-order valence-electron chi connectivity index (χ3n) is 0.817. The van der Waals surface area contributed by atoms with Gasteiger partial charge in [0.05, 0.1) is 4.91 Å². The minimum atomic E-state index is -1.45. The maximum Gasteiger partial charge on any atom is 0.266 e. The Morgan fingerprint density at radius 2 is 2.30 bits per heavy atom. The van der Waals surface area contributed by atoms with Gasteiger partial charge in [-0.05, 0) is 19.4 Å². The van der Waals surface area contributed by atoms with Gasteiger partial charge in [-0.3, -0.25) is 0 Å². The lowest BCUT2D eigenvalue weighted by molar-refractivity contribution is -0.268. The summed E-state index contributed by atoms with van der Waals surface area (Å²) in [6, 6.07) is -0.348. The highest BCUT2D eigenvalue weighted by atomic mass is 16.4. The van der Waals surface area contributed by atoms with Gasteiger partial charge in [0.1, 0.15) is 6.04 Å². The Labute approximate surface area is 57.7 Å². The summed E-state index contributed by atoms with van der Waals surface area (Å²) in [5.41, 5.74) is 6.25. The van der Waals surface area contributed by atoms with E-state index in [1.807, 2.05) is 0 Å². The van der Waals surface area contributed by atoms with Crippen molar-refractivity contribution in [1.82, 2.24) is 9.92 Å². The van der Waals surface area contributed by atoms with Crippen LogP contribution >= 0.6 is 0 Å². The largest absolute Gasteiger partial charge is 0.509 e. The second-order valence-electron chi connectivity index (χ2n) is 1.89. The third-order valence-corrected chi connectivity index (χ3v) is 0.817. The quantitative estimate of drug-likeness (QED) is 0.321. The molecule has 0 unspecified atom stereocenters. The van der Waals surface area contributed by atoms with Gasteiger partial charge >= 0.3 is 0 Å². The Balaban J connectivity index is 4.26. The second kappa shape index (κ2) is 3.58. The van der Waals surface area contributed by atoms with Gasteiger partial charge in [0.25, 0.3) is 6.09 Å². The number of nitrogens with one attached hydrogen (secondary N) is 1. The van der Waals surface area contributed by atoms with Gasteiger partial charge in [0, 0.05) is 0 Å². The van der Waals surface area contributed by atoms with E-state index in [1.54, 1.807) is 13.8 Å². The Hall–Kier alpha value is -1.42. The molecule has 1 N–H and O–H groups in total. The van der Waals surface area contributed by atoms with Crippen LogP contribution in [-0.2, 0) is 0 Å². The van der Waals surface area contributed by atoms with Crippen molar-refractivity contribution in [2.45, 2.75) is 19.9 Å². The fourth-order valence-corrected chi connectivity index (χ4v) is 0.399. The summed E-state index contributed by atoms with van der Waals surface area (Å²) in [6.07, 6.45) is -1.45. The molecule has 56 valence electrons. The first-order chi connectivity index (χ1) is 4.59. The monoisotopic (exact) mass is 144 g/mol. The number of hydrogen-bond acceptors (Lipinski definition) is 4. The maximum absolute atomic E-state index is 10.1. The van der Waals surface area contributed by atoms with Gasteiger partial charge in [-0.2, -0.15) is 0 Å². The highest BCUT2D eigenvalue weighted by Crippen LogP contribution is 1.95. The van der Waals surface area contributed by atoms with Crippen LogP contribution in [0.3, 0.4) is 0 Å². The molecule has 0 fully saturated rings. The minimum absolute atomic E-state index is 0.348. The molecule has 6 nitrogen and oxygen atoms in total. The zero-order chi connectivity index (χ0) is 8.15. The van der Waals surface area contributed by atoms with Gasteiger partial charge in [-0.25, -0.2) is 0 Å². The zero-order valence-electron chi connectivity index (χ0n) is 5.74. The van der Waals surface area contributed by atoms with Gasteiger partial charge in [0.2, 0.25) is 5.22 Å². The predicted molar refractivity (Wildman–Crippen MR) is 29.7 cm³/mol. The number of amides is 1. The first-order valence-electron chi connectivity index (χ1n) is 2.67. The zero-order valence-corrected chi connectivity index (χ0v) is 5.74. The summed E-state index contributed by atoms with van der Waals surface area (Å²) in [4.78, 5) is 12.7. The van der Waals surface area contributed by atoms with Crippen molar-refractivity contribution in [1.29, 1.82) is 5.53 Å². The second-order valence-corrected chi connectivity index (χ2v) is 1.89. The van der Waals surface area contributed by atoms with Crippen molar-refractivity contribution >= 4 is 6.09 Å². The van der Waals surface area contributed by atoms with Crippen LogP contribution < -0.4 is 10.0 Å². The molecule has 10 heavy (non-hydrogen) atoms. The first-order valence-corrected chi connectivity index (χ1v) is 2.67. The van der Waals surface area contributed by atoms with Crippen molar-refractivity contribution in [3.63, 3.8) is 0 Å². The number of carbonyl (C=O) groups excluding carboxylic acids is 1. The van der Waals surface area contributed by atoms with Gasteiger partial charge < -0.3 is 9.90 Å². The smallest absolute Gasteiger partial charge is 0.266 e. The van der Waals surface area contributed by atoms with E-state index in [0.717, 1.165) is 0 Å². The average Bonchev–Trinajstić information content (AvgIpc) is 1.81. The molecule has 0 atom stereocenters. The van der Waals surface area contributed by atoms with E-state index in [0.29, 0.717) is 5.01 Å². The minimum Gasteiger partial charge on any atom is -0.509 e. The summed E-state index contributed by atoms with van der Waals surface area (Å²) >= 11 is 0. The molecule has 0 aliphatic heterocycles. The van der Waals surface area contributed by atoms with Gasteiger partial charge in [-0.1, -0.05) is 5.01 Å². The highest BCUT2D eigenvalue weighted by Gasteiger charge is 2.16. The molecule has 0 aliphatic rings. The van der Waals surface area contributed by atoms with E-state index >= 15 is 0 Å². The maximum atomic E-state index is 10.1. The predicted octanol–water partition coefficient (Wildman–Crippen LogP) is -0.495. The number of carboxylic acid groups (broad SMARTS) is 1. The van der Waals surface area contributed by atoms with Gasteiger partial charge in [0.15, 0.2) is 0 Å². The molecule has 0 saturated carbocycles. The number of nitrogens with zero attached hydrogens (tertiary/aromatic N) is 3. The molecular weight excluding hydrogens is 136 g/mol. The van der Waals surface area contributed by atoms with E-state index in [4.69, 9.17) is 5.53 Å². The molecule has 1 amide bonds. The molecule has 0 aromatic carbocycles. The van der Waals surface area contributed by atoms with Crippen molar-refractivity contribution in [3.05, 3.63) is 0 Å². The van der Waals surface area contributed by atoms with E-state index in [2.05, 4.69) is 10.1 Å². The van der Waals surface area contributed by atoms with E-state index in [1.165, 1.54) is 0 Å². The van der Waals surface area contributed by atoms with Crippen LogP contribution in [0.15, 0.2) is 5.22 Å². The topological polar surface area (TPSA) is 93.7 Å². The fraction of sp³-hybridized carbons (Fsp3) is 0.750. The normalized spacial score (nSPS) is 8.70.